The van der Waals surface area contributed by atoms with Crippen LogP contribution in [0.25, 0.3) is 0 Å². The number of anilines is 1. The number of aryl methyl sites for hydroxylation is 1. The smallest absolute Gasteiger partial charge is 0.248 e. The van der Waals surface area contributed by atoms with Crippen LogP contribution in [-0.4, -0.2) is 50.1 Å². The second-order valence-corrected chi connectivity index (χ2v) is 4.91. The number of amides is 1. The molecule has 19 heavy (non-hydrogen) atoms. The third-order valence-corrected chi connectivity index (χ3v) is 3.46. The number of hydrogen-bond donors (Lipinski definition) is 3. The Bertz CT molecular complexity index is 441. The molecule has 1 amide bonds. The van der Waals surface area contributed by atoms with Gasteiger partial charge in [-0.1, -0.05) is 0 Å². The van der Waals surface area contributed by atoms with Crippen LogP contribution < -0.4 is 16.4 Å². The highest BCUT2D eigenvalue weighted by Gasteiger charge is 2.09. The van der Waals surface area contributed by atoms with Gasteiger partial charge in [0.15, 0.2) is 0 Å². The predicted molar refractivity (Wildman–Crippen MR) is 77.5 cm³/mol. The van der Waals surface area contributed by atoms with Gasteiger partial charge in [-0.3, -0.25) is 9.69 Å². The standard InChI is InChI=1S/C14H22N4O/c1-11-10-12(2-3-13(11)14(15)19)17-6-9-18-7-4-16-5-8-18/h2-3,10,16-17H,4-9H2,1H3,(H2,15,19). The first kappa shape index (κ1) is 13.8. The van der Waals surface area contributed by atoms with Crippen molar-refractivity contribution in [2.45, 2.75) is 6.92 Å². The fraction of sp³-hybridized carbons (Fsp3) is 0.500. The van der Waals surface area contributed by atoms with Crippen LogP contribution in [0, 0.1) is 6.92 Å². The average Bonchev–Trinajstić information content (AvgIpc) is 2.39. The van der Waals surface area contributed by atoms with Crippen molar-refractivity contribution in [2.24, 2.45) is 5.73 Å². The molecule has 1 saturated heterocycles. The molecular formula is C14H22N4O. The normalized spacial score (nSPS) is 16.3. The molecule has 1 aromatic rings. The molecule has 2 rings (SSSR count). The summed E-state index contributed by atoms with van der Waals surface area (Å²) in [6.07, 6.45) is 0. The first-order valence-corrected chi connectivity index (χ1v) is 6.74. The van der Waals surface area contributed by atoms with Gasteiger partial charge in [-0.2, -0.15) is 0 Å². The van der Waals surface area contributed by atoms with Crippen molar-refractivity contribution in [1.82, 2.24) is 10.2 Å². The van der Waals surface area contributed by atoms with Crippen LogP contribution in [0.3, 0.4) is 0 Å². The number of nitrogens with one attached hydrogen (secondary N) is 2. The molecule has 0 bridgehead atoms. The van der Waals surface area contributed by atoms with Gasteiger partial charge >= 0.3 is 0 Å². The zero-order valence-electron chi connectivity index (χ0n) is 11.4. The number of nitrogens with zero attached hydrogens (tertiary/aromatic N) is 1. The number of carbonyl (C=O) groups is 1. The summed E-state index contributed by atoms with van der Waals surface area (Å²) < 4.78 is 0. The summed E-state index contributed by atoms with van der Waals surface area (Å²) in [7, 11) is 0. The van der Waals surface area contributed by atoms with E-state index in [1.807, 2.05) is 19.1 Å². The molecule has 4 N–H and O–H groups in total. The van der Waals surface area contributed by atoms with E-state index in [9.17, 15) is 4.79 Å². The summed E-state index contributed by atoms with van der Waals surface area (Å²) in [5, 5.41) is 6.73. The maximum absolute atomic E-state index is 11.1. The van der Waals surface area contributed by atoms with Crippen molar-refractivity contribution in [3.63, 3.8) is 0 Å². The van der Waals surface area contributed by atoms with E-state index in [-0.39, 0.29) is 5.91 Å². The Hall–Kier alpha value is -1.59. The second-order valence-electron chi connectivity index (χ2n) is 4.91. The number of benzene rings is 1. The van der Waals surface area contributed by atoms with Crippen molar-refractivity contribution in [2.75, 3.05) is 44.6 Å². The number of primary amides is 1. The van der Waals surface area contributed by atoms with Gasteiger partial charge in [0.2, 0.25) is 5.91 Å². The summed E-state index contributed by atoms with van der Waals surface area (Å²) in [6, 6.07) is 5.66. The van der Waals surface area contributed by atoms with Crippen molar-refractivity contribution in [3.05, 3.63) is 29.3 Å². The van der Waals surface area contributed by atoms with Crippen LogP contribution in [0.15, 0.2) is 18.2 Å². The topological polar surface area (TPSA) is 70.4 Å². The van der Waals surface area contributed by atoms with Gasteiger partial charge in [0.1, 0.15) is 0 Å². The first-order chi connectivity index (χ1) is 9.16. The lowest BCUT2D eigenvalue weighted by Crippen LogP contribution is -2.45. The number of hydrogen-bond acceptors (Lipinski definition) is 4. The number of piperazine rings is 1. The van der Waals surface area contributed by atoms with Crippen LogP contribution in [0.4, 0.5) is 5.69 Å². The maximum atomic E-state index is 11.1. The molecule has 0 atom stereocenters. The Morgan fingerprint density at radius 3 is 2.79 bits per heavy atom. The maximum Gasteiger partial charge on any atom is 0.248 e. The predicted octanol–water partition coefficient (Wildman–Crippen LogP) is 0.411. The summed E-state index contributed by atoms with van der Waals surface area (Å²) in [5.41, 5.74) is 7.84. The molecule has 104 valence electrons. The molecule has 0 radical (unpaired) electrons. The lowest BCUT2D eigenvalue weighted by atomic mass is 10.1. The summed E-state index contributed by atoms with van der Waals surface area (Å²) >= 11 is 0. The van der Waals surface area contributed by atoms with Crippen LogP contribution in [0.5, 0.6) is 0 Å². The van der Waals surface area contributed by atoms with Gasteiger partial charge in [0.25, 0.3) is 0 Å². The van der Waals surface area contributed by atoms with Crippen LogP contribution in [-0.2, 0) is 0 Å². The molecule has 1 fully saturated rings. The Kier molecular flexibility index (Phi) is 4.76. The largest absolute Gasteiger partial charge is 0.384 e. The number of carbonyl (C=O) groups excluding carboxylic acids is 1. The molecule has 5 heteroatoms. The zero-order valence-corrected chi connectivity index (χ0v) is 11.4. The van der Waals surface area contributed by atoms with E-state index in [1.54, 1.807) is 6.07 Å². The summed E-state index contributed by atoms with van der Waals surface area (Å²) in [6.45, 7) is 8.23. The average molecular weight is 262 g/mol. The van der Waals surface area contributed by atoms with Crippen molar-refractivity contribution >= 4 is 11.6 Å². The molecule has 0 aliphatic carbocycles. The third kappa shape index (κ3) is 3.94. The molecule has 1 heterocycles. The third-order valence-electron chi connectivity index (χ3n) is 3.46. The van der Waals surface area contributed by atoms with Crippen LogP contribution in [0.1, 0.15) is 15.9 Å². The van der Waals surface area contributed by atoms with E-state index < -0.39 is 0 Å². The zero-order chi connectivity index (χ0) is 13.7. The quantitative estimate of drug-likeness (QED) is 0.719. The lowest BCUT2D eigenvalue weighted by molar-refractivity contribution is 0.1000. The first-order valence-electron chi connectivity index (χ1n) is 6.74. The van der Waals surface area contributed by atoms with Gasteiger partial charge < -0.3 is 16.4 Å². The van der Waals surface area contributed by atoms with Crippen molar-refractivity contribution < 1.29 is 4.79 Å². The highest BCUT2D eigenvalue weighted by Crippen LogP contribution is 2.14. The fourth-order valence-electron chi connectivity index (χ4n) is 2.34. The molecular weight excluding hydrogens is 240 g/mol. The summed E-state index contributed by atoms with van der Waals surface area (Å²) in [5.74, 6) is -0.370. The van der Waals surface area contributed by atoms with Crippen molar-refractivity contribution in [3.8, 4) is 0 Å². The van der Waals surface area contributed by atoms with E-state index in [1.165, 1.54) is 0 Å². The molecule has 0 saturated carbocycles. The Labute approximate surface area is 114 Å². The minimum atomic E-state index is -0.370. The van der Waals surface area contributed by atoms with E-state index in [4.69, 9.17) is 5.73 Å². The van der Waals surface area contributed by atoms with Gasteiger partial charge in [-0.15, -0.1) is 0 Å². The molecule has 0 aromatic heterocycles. The summed E-state index contributed by atoms with van der Waals surface area (Å²) in [4.78, 5) is 13.6. The number of rotatable bonds is 5. The van der Waals surface area contributed by atoms with Crippen LogP contribution >= 0.6 is 0 Å². The van der Waals surface area contributed by atoms with Crippen molar-refractivity contribution in [1.29, 1.82) is 0 Å². The molecule has 1 aliphatic rings. The van der Waals surface area contributed by atoms with Gasteiger partial charge in [0.05, 0.1) is 0 Å². The van der Waals surface area contributed by atoms with Gasteiger partial charge in [-0.05, 0) is 30.7 Å². The minimum Gasteiger partial charge on any atom is -0.384 e. The molecule has 0 spiro atoms. The lowest BCUT2D eigenvalue weighted by Gasteiger charge is -2.27. The van der Waals surface area contributed by atoms with Crippen LogP contribution in [0.2, 0.25) is 0 Å². The Morgan fingerprint density at radius 2 is 2.16 bits per heavy atom. The molecule has 0 unspecified atom stereocenters. The van der Waals surface area contributed by atoms with Gasteiger partial charge in [0, 0.05) is 50.5 Å². The molecule has 1 aliphatic heterocycles. The SMILES string of the molecule is Cc1cc(NCCN2CCNCC2)ccc1C(N)=O. The second kappa shape index (κ2) is 6.54. The van der Waals surface area contributed by atoms with E-state index in [0.717, 1.165) is 50.5 Å². The van der Waals surface area contributed by atoms with E-state index >= 15 is 0 Å². The molecule has 1 aromatic carbocycles. The highest BCUT2D eigenvalue weighted by molar-refractivity contribution is 5.94. The van der Waals surface area contributed by atoms with Gasteiger partial charge in [-0.25, -0.2) is 0 Å². The highest BCUT2D eigenvalue weighted by atomic mass is 16.1. The molecule has 5 nitrogen and oxygen atoms in total. The Morgan fingerprint density at radius 1 is 1.42 bits per heavy atom. The number of nitrogens with two attached hydrogens (primary N) is 1. The van der Waals surface area contributed by atoms with E-state index in [0.29, 0.717) is 5.56 Å². The minimum absolute atomic E-state index is 0.370. The monoisotopic (exact) mass is 262 g/mol. The Balaban J connectivity index is 1.82. The fourth-order valence-corrected chi connectivity index (χ4v) is 2.34. The van der Waals surface area contributed by atoms with E-state index in [2.05, 4.69) is 15.5 Å².